The number of ether oxygens (including phenoxy) is 2. The molecule has 0 bridgehead atoms. The number of Topliss-reactive ketones (excluding diaryl/α,β-unsaturated/α-hetero) is 1. The van der Waals surface area contributed by atoms with Gasteiger partial charge < -0.3 is 9.47 Å². The van der Waals surface area contributed by atoms with Gasteiger partial charge in [-0.1, -0.05) is 48.5 Å². The number of nitrogens with zero attached hydrogens (tertiary/aromatic N) is 1. The van der Waals surface area contributed by atoms with Crippen LogP contribution in [0.15, 0.2) is 54.6 Å². The Morgan fingerprint density at radius 3 is 2.43 bits per heavy atom. The van der Waals surface area contributed by atoms with Crippen LogP contribution in [0.2, 0.25) is 0 Å². The summed E-state index contributed by atoms with van der Waals surface area (Å²) in [5.74, 6) is -0.997. The maximum atomic E-state index is 12.8. The summed E-state index contributed by atoms with van der Waals surface area (Å²) in [4.78, 5) is 36.2. The molecule has 0 unspecified atom stereocenters. The number of carbonyl (C=O) groups is 2. The Morgan fingerprint density at radius 1 is 1.07 bits per heavy atom. The van der Waals surface area contributed by atoms with Gasteiger partial charge in [-0.05, 0) is 13.0 Å². The van der Waals surface area contributed by atoms with Crippen LogP contribution >= 0.6 is 0 Å². The van der Waals surface area contributed by atoms with E-state index in [1.54, 1.807) is 61.5 Å². The summed E-state index contributed by atoms with van der Waals surface area (Å²) >= 11 is 0. The highest BCUT2D eigenvalue weighted by molar-refractivity contribution is 5.96. The fraction of sp³-hybridized carbons (Fsp3) is 0.333. The Balaban J connectivity index is 1.94. The third-order valence-electron chi connectivity index (χ3n) is 4.81. The number of para-hydroxylation sites is 1. The summed E-state index contributed by atoms with van der Waals surface area (Å²) in [5, 5.41) is 11.9. The third-order valence-corrected chi connectivity index (χ3v) is 4.81. The van der Waals surface area contributed by atoms with E-state index in [-0.39, 0.29) is 25.2 Å². The largest absolute Gasteiger partial charge is 0.482 e. The average molecular weight is 383 g/mol. The van der Waals surface area contributed by atoms with Gasteiger partial charge in [0.15, 0.2) is 11.9 Å². The second-order valence-corrected chi connectivity index (χ2v) is 6.58. The van der Waals surface area contributed by atoms with Gasteiger partial charge in [-0.2, -0.15) is 0 Å². The number of hydrogen-bond acceptors (Lipinski definition) is 6. The normalized spacial score (nSPS) is 20.5. The number of benzene rings is 2. The van der Waals surface area contributed by atoms with Crippen molar-refractivity contribution in [3.63, 3.8) is 0 Å². The minimum absolute atomic E-state index is 0.0463. The Morgan fingerprint density at radius 2 is 1.75 bits per heavy atom. The zero-order chi connectivity index (χ0) is 20.1. The Bertz CT molecular complexity index is 866. The van der Waals surface area contributed by atoms with Crippen molar-refractivity contribution in [3.8, 4) is 5.75 Å². The smallest absolute Gasteiger partial charge is 0.309 e. The van der Waals surface area contributed by atoms with E-state index >= 15 is 0 Å². The molecule has 0 radical (unpaired) electrons. The van der Waals surface area contributed by atoms with Crippen molar-refractivity contribution in [2.45, 2.75) is 37.8 Å². The molecule has 1 aliphatic rings. The Hall–Kier alpha value is -3.22. The van der Waals surface area contributed by atoms with Gasteiger partial charge in [0.25, 0.3) is 6.04 Å². The summed E-state index contributed by atoms with van der Waals surface area (Å²) in [6.07, 6.45) is -1.29. The third kappa shape index (κ3) is 4.19. The number of fused-ring (bicyclic) bond motifs is 1. The van der Waals surface area contributed by atoms with E-state index in [9.17, 15) is 19.7 Å². The van der Waals surface area contributed by atoms with Crippen molar-refractivity contribution in [2.24, 2.45) is 0 Å². The van der Waals surface area contributed by atoms with E-state index in [1.807, 2.05) is 0 Å². The van der Waals surface area contributed by atoms with Crippen LogP contribution in [0.4, 0.5) is 0 Å². The molecule has 1 heterocycles. The van der Waals surface area contributed by atoms with Crippen LogP contribution in [0, 0.1) is 10.1 Å². The van der Waals surface area contributed by atoms with E-state index in [2.05, 4.69) is 0 Å². The number of rotatable bonds is 7. The van der Waals surface area contributed by atoms with Crippen LogP contribution in [-0.4, -0.2) is 35.4 Å². The summed E-state index contributed by atoms with van der Waals surface area (Å²) < 4.78 is 10.7. The van der Waals surface area contributed by atoms with E-state index < -0.39 is 29.0 Å². The lowest BCUT2D eigenvalue weighted by Gasteiger charge is -2.34. The van der Waals surface area contributed by atoms with Gasteiger partial charge in [0.1, 0.15) is 5.75 Å². The number of nitro groups is 1. The molecular weight excluding hydrogens is 362 g/mol. The zero-order valence-corrected chi connectivity index (χ0v) is 15.4. The molecule has 7 nitrogen and oxygen atoms in total. The Labute approximate surface area is 162 Å². The number of hydrogen-bond donors (Lipinski definition) is 0. The van der Waals surface area contributed by atoms with Gasteiger partial charge in [0.05, 0.1) is 18.9 Å². The lowest BCUT2D eigenvalue weighted by molar-refractivity contribution is -0.538. The fourth-order valence-electron chi connectivity index (χ4n) is 3.57. The molecule has 2 aromatic rings. The predicted octanol–water partition coefficient (Wildman–Crippen LogP) is 3.40. The van der Waals surface area contributed by atoms with Gasteiger partial charge in [-0.25, -0.2) is 0 Å². The van der Waals surface area contributed by atoms with Crippen molar-refractivity contribution in [2.75, 3.05) is 6.61 Å². The van der Waals surface area contributed by atoms with Crippen molar-refractivity contribution >= 4 is 11.8 Å². The van der Waals surface area contributed by atoms with Crippen LogP contribution in [0.1, 0.15) is 41.6 Å². The molecule has 0 spiro atoms. The minimum atomic E-state index is -1.23. The lowest BCUT2D eigenvalue weighted by Crippen LogP contribution is -2.47. The highest BCUT2D eigenvalue weighted by atomic mass is 16.6. The van der Waals surface area contributed by atoms with Crippen LogP contribution < -0.4 is 4.74 Å². The molecule has 3 rings (SSSR count). The molecule has 0 saturated heterocycles. The number of esters is 1. The highest BCUT2D eigenvalue weighted by Crippen LogP contribution is 2.41. The SMILES string of the molecule is CCOC(=O)C[C@@H]1Oc2ccccc2[C@@H](CC(=O)c2ccccc2)[C@@H]1[N+](=O)[O-]. The molecule has 1 aliphatic heterocycles. The molecule has 0 saturated carbocycles. The molecule has 2 aromatic carbocycles. The molecule has 0 aliphatic carbocycles. The average Bonchev–Trinajstić information content (AvgIpc) is 2.68. The van der Waals surface area contributed by atoms with Gasteiger partial charge in [0, 0.05) is 22.5 Å². The van der Waals surface area contributed by atoms with Crippen LogP contribution in [0.5, 0.6) is 5.75 Å². The molecule has 0 fully saturated rings. The van der Waals surface area contributed by atoms with E-state index in [0.717, 1.165) is 0 Å². The highest BCUT2D eigenvalue weighted by Gasteiger charge is 2.48. The molecular formula is C21H21NO6. The summed E-state index contributed by atoms with van der Waals surface area (Å²) in [5.41, 5.74) is 1.10. The minimum Gasteiger partial charge on any atom is -0.482 e. The molecule has 7 heteroatoms. The predicted molar refractivity (Wildman–Crippen MR) is 101 cm³/mol. The van der Waals surface area contributed by atoms with E-state index in [0.29, 0.717) is 16.9 Å². The van der Waals surface area contributed by atoms with Crippen molar-refractivity contribution in [3.05, 3.63) is 75.8 Å². The maximum Gasteiger partial charge on any atom is 0.309 e. The molecule has 28 heavy (non-hydrogen) atoms. The molecule has 0 N–H and O–H groups in total. The first-order valence-electron chi connectivity index (χ1n) is 9.14. The first kappa shape index (κ1) is 19.5. The lowest BCUT2D eigenvalue weighted by atomic mass is 9.80. The van der Waals surface area contributed by atoms with Gasteiger partial charge in [-0.3, -0.25) is 19.7 Å². The van der Waals surface area contributed by atoms with Gasteiger partial charge in [0.2, 0.25) is 0 Å². The summed E-state index contributed by atoms with van der Waals surface area (Å²) in [7, 11) is 0. The second-order valence-electron chi connectivity index (χ2n) is 6.58. The fourth-order valence-corrected chi connectivity index (χ4v) is 3.57. The first-order chi connectivity index (χ1) is 13.5. The second kappa shape index (κ2) is 8.65. The standard InChI is InChI=1S/C21H21NO6/c1-2-27-20(24)13-19-21(22(25)26)16(15-10-6-7-11-18(15)28-19)12-17(23)14-8-4-3-5-9-14/h3-11,16,19,21H,2,12-13H2,1H3/t16-,19+,21+/m1/s1. The molecule has 0 amide bonds. The Kier molecular flexibility index (Phi) is 6.03. The van der Waals surface area contributed by atoms with Crippen LogP contribution in [0.3, 0.4) is 0 Å². The first-order valence-corrected chi connectivity index (χ1v) is 9.14. The number of carbonyl (C=O) groups excluding carboxylic acids is 2. The van der Waals surface area contributed by atoms with Crippen molar-refractivity contribution in [1.29, 1.82) is 0 Å². The quantitative estimate of drug-likeness (QED) is 0.315. The monoisotopic (exact) mass is 383 g/mol. The summed E-state index contributed by atoms with van der Waals surface area (Å²) in [6, 6.07) is 14.4. The van der Waals surface area contributed by atoms with Crippen LogP contribution in [0.25, 0.3) is 0 Å². The molecule has 0 aromatic heterocycles. The van der Waals surface area contributed by atoms with Crippen molar-refractivity contribution < 1.29 is 24.0 Å². The van der Waals surface area contributed by atoms with Gasteiger partial charge in [-0.15, -0.1) is 0 Å². The van der Waals surface area contributed by atoms with E-state index in [1.165, 1.54) is 0 Å². The van der Waals surface area contributed by atoms with E-state index in [4.69, 9.17) is 9.47 Å². The topological polar surface area (TPSA) is 95.7 Å². The summed E-state index contributed by atoms with van der Waals surface area (Å²) in [6.45, 7) is 1.85. The van der Waals surface area contributed by atoms with Crippen LogP contribution in [-0.2, 0) is 9.53 Å². The molecule has 3 atom stereocenters. The van der Waals surface area contributed by atoms with Gasteiger partial charge >= 0.3 is 5.97 Å². The zero-order valence-electron chi connectivity index (χ0n) is 15.4. The maximum absolute atomic E-state index is 12.8. The number of ketones is 1. The molecule has 146 valence electrons. The van der Waals surface area contributed by atoms with Crippen molar-refractivity contribution in [1.82, 2.24) is 0 Å².